The van der Waals surface area contributed by atoms with Gasteiger partial charge in [0.1, 0.15) is 0 Å². The SMILES string of the molecule is Cc1cc2c(n1CC1CCCS1(=O)=O)CCCC2=O. The minimum atomic E-state index is -2.93. The smallest absolute Gasteiger partial charge is 0.164 e. The van der Waals surface area contributed by atoms with Gasteiger partial charge in [-0.25, -0.2) is 8.42 Å². The molecule has 2 aliphatic rings. The third-order valence-electron chi connectivity index (χ3n) is 4.38. The monoisotopic (exact) mass is 281 g/mol. The summed E-state index contributed by atoms with van der Waals surface area (Å²) in [5.41, 5.74) is 2.89. The van der Waals surface area contributed by atoms with Crippen LogP contribution in [0.5, 0.6) is 0 Å². The molecule has 4 nitrogen and oxygen atoms in total. The van der Waals surface area contributed by atoms with Crippen LogP contribution in [0.2, 0.25) is 0 Å². The van der Waals surface area contributed by atoms with Crippen molar-refractivity contribution >= 4 is 15.6 Å². The maximum absolute atomic E-state index is 12.0. The van der Waals surface area contributed by atoms with E-state index in [0.29, 0.717) is 18.7 Å². The van der Waals surface area contributed by atoms with Crippen molar-refractivity contribution in [3.8, 4) is 0 Å². The topological polar surface area (TPSA) is 56.1 Å². The molecule has 1 unspecified atom stereocenters. The van der Waals surface area contributed by atoms with Crippen molar-refractivity contribution < 1.29 is 13.2 Å². The Morgan fingerprint density at radius 2 is 2.11 bits per heavy atom. The molecule has 3 rings (SSSR count). The first-order valence-corrected chi connectivity index (χ1v) is 8.64. The molecule has 1 aromatic heterocycles. The Morgan fingerprint density at radius 3 is 2.79 bits per heavy atom. The van der Waals surface area contributed by atoms with Crippen LogP contribution in [0, 0.1) is 6.92 Å². The predicted molar refractivity (Wildman–Crippen MR) is 73.2 cm³/mol. The number of nitrogens with zero attached hydrogens (tertiary/aromatic N) is 1. The molecule has 0 bridgehead atoms. The Bertz CT molecular complexity index is 627. The maximum Gasteiger partial charge on any atom is 0.164 e. The van der Waals surface area contributed by atoms with E-state index in [1.807, 2.05) is 13.0 Å². The fourth-order valence-corrected chi connectivity index (χ4v) is 5.12. The van der Waals surface area contributed by atoms with Crippen LogP contribution in [0.4, 0.5) is 0 Å². The summed E-state index contributed by atoms with van der Waals surface area (Å²) in [7, 11) is -2.93. The Morgan fingerprint density at radius 1 is 1.32 bits per heavy atom. The van der Waals surface area contributed by atoms with Gasteiger partial charge >= 0.3 is 0 Å². The van der Waals surface area contributed by atoms with Crippen LogP contribution in [-0.4, -0.2) is 29.8 Å². The first-order valence-electron chi connectivity index (χ1n) is 6.93. The van der Waals surface area contributed by atoms with Crippen molar-refractivity contribution in [1.29, 1.82) is 0 Å². The van der Waals surface area contributed by atoms with Crippen LogP contribution >= 0.6 is 0 Å². The van der Waals surface area contributed by atoms with Crippen molar-refractivity contribution in [3.63, 3.8) is 0 Å². The second-order valence-electron chi connectivity index (χ2n) is 5.66. The molecule has 5 heteroatoms. The third kappa shape index (κ3) is 2.14. The quantitative estimate of drug-likeness (QED) is 0.832. The summed E-state index contributed by atoms with van der Waals surface area (Å²) >= 11 is 0. The van der Waals surface area contributed by atoms with Gasteiger partial charge in [-0.15, -0.1) is 0 Å². The number of sulfone groups is 1. The number of rotatable bonds is 2. The zero-order valence-electron chi connectivity index (χ0n) is 11.2. The van der Waals surface area contributed by atoms with E-state index in [4.69, 9.17) is 0 Å². The zero-order chi connectivity index (χ0) is 13.6. The number of ketones is 1. The lowest BCUT2D eigenvalue weighted by Gasteiger charge is -2.18. The molecule has 1 saturated heterocycles. The molecular weight excluding hydrogens is 262 g/mol. The van der Waals surface area contributed by atoms with Gasteiger partial charge in [0.2, 0.25) is 0 Å². The van der Waals surface area contributed by atoms with E-state index in [2.05, 4.69) is 4.57 Å². The molecule has 0 amide bonds. The van der Waals surface area contributed by atoms with Gasteiger partial charge in [0.15, 0.2) is 15.6 Å². The third-order valence-corrected chi connectivity index (χ3v) is 6.64. The van der Waals surface area contributed by atoms with Gasteiger partial charge in [-0.3, -0.25) is 4.79 Å². The Hall–Kier alpha value is -1.10. The molecule has 0 radical (unpaired) electrons. The lowest BCUT2D eigenvalue weighted by molar-refractivity contribution is 0.0971. The molecule has 1 atom stereocenters. The number of hydrogen-bond acceptors (Lipinski definition) is 3. The Labute approximate surface area is 113 Å². The first-order chi connectivity index (χ1) is 8.99. The highest BCUT2D eigenvalue weighted by atomic mass is 32.2. The molecule has 1 aliphatic heterocycles. The number of hydrogen-bond donors (Lipinski definition) is 0. The van der Waals surface area contributed by atoms with E-state index in [9.17, 15) is 13.2 Å². The van der Waals surface area contributed by atoms with Gasteiger partial charge in [-0.1, -0.05) is 0 Å². The lowest BCUT2D eigenvalue weighted by Crippen LogP contribution is -2.24. The fraction of sp³-hybridized carbons (Fsp3) is 0.643. The van der Waals surface area contributed by atoms with Crippen molar-refractivity contribution in [2.24, 2.45) is 0 Å². The summed E-state index contributed by atoms with van der Waals surface area (Å²) in [6.45, 7) is 2.49. The predicted octanol–water partition coefficient (Wildman–Crippen LogP) is 1.89. The summed E-state index contributed by atoms with van der Waals surface area (Å²) < 4.78 is 26.0. The molecular formula is C14H19NO3S. The summed E-state index contributed by atoms with van der Waals surface area (Å²) in [6.07, 6.45) is 3.92. The van der Waals surface area contributed by atoms with Gasteiger partial charge in [0.25, 0.3) is 0 Å². The van der Waals surface area contributed by atoms with E-state index in [1.54, 1.807) is 0 Å². The molecule has 0 saturated carbocycles. The van der Waals surface area contributed by atoms with E-state index in [-0.39, 0.29) is 11.0 Å². The maximum atomic E-state index is 12.0. The number of aromatic nitrogens is 1. The zero-order valence-corrected chi connectivity index (χ0v) is 12.0. The highest BCUT2D eigenvalue weighted by molar-refractivity contribution is 7.92. The van der Waals surface area contributed by atoms with Crippen LogP contribution in [0.1, 0.15) is 47.4 Å². The largest absolute Gasteiger partial charge is 0.347 e. The summed E-state index contributed by atoms with van der Waals surface area (Å²) in [5, 5.41) is -0.264. The van der Waals surface area contributed by atoms with E-state index >= 15 is 0 Å². The second-order valence-corrected chi connectivity index (χ2v) is 8.07. The van der Waals surface area contributed by atoms with Crippen LogP contribution in [0.3, 0.4) is 0 Å². The van der Waals surface area contributed by atoms with E-state index in [0.717, 1.165) is 42.6 Å². The van der Waals surface area contributed by atoms with Gasteiger partial charge < -0.3 is 4.57 Å². The molecule has 0 spiro atoms. The number of carbonyl (C=O) groups is 1. The van der Waals surface area contributed by atoms with Crippen molar-refractivity contribution in [1.82, 2.24) is 4.57 Å². The summed E-state index contributed by atoms with van der Waals surface area (Å²) in [6, 6.07) is 1.93. The fourth-order valence-electron chi connectivity index (χ4n) is 3.31. The minimum absolute atomic E-state index is 0.206. The minimum Gasteiger partial charge on any atom is -0.347 e. The van der Waals surface area contributed by atoms with Crippen LogP contribution < -0.4 is 0 Å². The summed E-state index contributed by atoms with van der Waals surface area (Å²) in [5.74, 6) is 0.524. The number of carbonyl (C=O) groups excluding carboxylic acids is 1. The van der Waals surface area contributed by atoms with Gasteiger partial charge in [-0.05, 0) is 38.7 Å². The van der Waals surface area contributed by atoms with Crippen LogP contribution in [-0.2, 0) is 22.8 Å². The highest BCUT2D eigenvalue weighted by Crippen LogP contribution is 2.28. The molecule has 0 aromatic carbocycles. The van der Waals surface area contributed by atoms with Crippen LogP contribution in [0.15, 0.2) is 6.07 Å². The first kappa shape index (κ1) is 12.9. The van der Waals surface area contributed by atoms with Crippen molar-refractivity contribution in [2.75, 3.05) is 5.75 Å². The molecule has 1 aromatic rings. The van der Waals surface area contributed by atoms with Gasteiger partial charge in [-0.2, -0.15) is 0 Å². The Balaban J connectivity index is 1.96. The standard InChI is InChI=1S/C14H19NO3S/c1-10-8-12-13(5-2-6-14(12)16)15(10)9-11-4-3-7-19(11,17)18/h8,11H,2-7,9H2,1H3. The van der Waals surface area contributed by atoms with E-state index < -0.39 is 9.84 Å². The van der Waals surface area contributed by atoms with Crippen molar-refractivity contribution in [3.05, 3.63) is 23.0 Å². The molecule has 1 fully saturated rings. The summed E-state index contributed by atoms with van der Waals surface area (Å²) in [4.78, 5) is 11.9. The highest BCUT2D eigenvalue weighted by Gasteiger charge is 2.33. The molecule has 0 N–H and O–H groups in total. The average Bonchev–Trinajstić information content (AvgIpc) is 2.83. The molecule has 104 valence electrons. The van der Waals surface area contributed by atoms with Gasteiger partial charge in [0.05, 0.1) is 11.0 Å². The number of Topliss-reactive ketones (excluding diaryl/α,β-unsaturated/α-hetero) is 1. The van der Waals surface area contributed by atoms with Crippen LogP contribution in [0.25, 0.3) is 0 Å². The average molecular weight is 281 g/mol. The number of aryl methyl sites for hydroxylation is 1. The molecule has 19 heavy (non-hydrogen) atoms. The normalized spacial score (nSPS) is 25.5. The Kier molecular flexibility index (Phi) is 3.04. The molecule has 1 aliphatic carbocycles. The second kappa shape index (κ2) is 4.47. The molecule has 2 heterocycles. The lowest BCUT2D eigenvalue weighted by atomic mass is 9.96. The number of fused-ring (bicyclic) bond motifs is 1. The van der Waals surface area contributed by atoms with E-state index in [1.165, 1.54) is 0 Å². The van der Waals surface area contributed by atoms with Gasteiger partial charge in [0, 0.05) is 29.9 Å². The van der Waals surface area contributed by atoms with Crippen molar-refractivity contribution in [2.45, 2.75) is 50.8 Å².